The minimum atomic E-state index is -0.129. The molecule has 2 aromatic rings. The van der Waals surface area contributed by atoms with Gasteiger partial charge in [-0.15, -0.1) is 0 Å². The Bertz CT molecular complexity index is 691. The van der Waals surface area contributed by atoms with Crippen LogP contribution in [0.3, 0.4) is 0 Å². The van der Waals surface area contributed by atoms with Gasteiger partial charge >= 0.3 is 5.97 Å². The molecule has 2 rings (SSSR count). The summed E-state index contributed by atoms with van der Waals surface area (Å²) in [5.74, 6) is 0.945. The number of carbonyl (C=O) groups is 1. The Balaban J connectivity index is 1.98. The lowest BCUT2D eigenvalue weighted by atomic mass is 9.93. The number of aryl methyl sites for hydroxylation is 1. The van der Waals surface area contributed by atoms with Crippen molar-refractivity contribution in [2.75, 3.05) is 0 Å². The van der Waals surface area contributed by atoms with Crippen LogP contribution < -0.4 is 0 Å². The third kappa shape index (κ3) is 5.18. The highest BCUT2D eigenvalue weighted by Gasteiger charge is 2.17. The summed E-state index contributed by atoms with van der Waals surface area (Å²) in [5, 5.41) is 0. The second kappa shape index (κ2) is 9.40. The molecule has 4 nitrogen and oxygen atoms in total. The molecular formula is C21H30N2O2. The van der Waals surface area contributed by atoms with E-state index in [1.807, 2.05) is 10.8 Å². The molecule has 0 saturated heterocycles. The van der Waals surface area contributed by atoms with Crippen molar-refractivity contribution < 1.29 is 9.53 Å². The molecular weight excluding hydrogens is 312 g/mol. The highest BCUT2D eigenvalue weighted by Crippen LogP contribution is 2.27. The Labute approximate surface area is 151 Å². The normalized spacial score (nSPS) is 12.2. The molecule has 0 saturated carbocycles. The lowest BCUT2D eigenvalue weighted by Gasteiger charge is -2.17. The standard InChI is InChI=1S/C21H30N2O2/c1-5-6-7-8-12-20(24)25-15-23-14-13-22-21(23)18(4)19-11-9-10-16(2)17(19)3/h9-11,13-14,18H,5-8,12,15H2,1-4H3. The van der Waals surface area contributed by atoms with Crippen molar-refractivity contribution in [1.29, 1.82) is 0 Å². The molecule has 0 aliphatic carbocycles. The summed E-state index contributed by atoms with van der Waals surface area (Å²) in [6.45, 7) is 8.81. The van der Waals surface area contributed by atoms with Crippen LogP contribution >= 0.6 is 0 Å². The fraction of sp³-hybridized carbons (Fsp3) is 0.524. The average Bonchev–Trinajstić information content (AvgIpc) is 3.07. The predicted molar refractivity (Wildman–Crippen MR) is 101 cm³/mol. The maximum atomic E-state index is 11.9. The van der Waals surface area contributed by atoms with Crippen LogP contribution in [0.2, 0.25) is 0 Å². The Hall–Kier alpha value is -2.10. The Morgan fingerprint density at radius 1 is 1.24 bits per heavy atom. The van der Waals surface area contributed by atoms with E-state index in [0.717, 1.165) is 18.7 Å². The zero-order chi connectivity index (χ0) is 18.2. The van der Waals surface area contributed by atoms with Gasteiger partial charge in [-0.25, -0.2) is 4.98 Å². The Kier molecular flexibility index (Phi) is 7.23. The fourth-order valence-electron chi connectivity index (χ4n) is 3.10. The maximum Gasteiger partial charge on any atom is 0.307 e. The third-order valence-corrected chi connectivity index (χ3v) is 4.85. The number of hydrogen-bond donors (Lipinski definition) is 0. The zero-order valence-corrected chi connectivity index (χ0v) is 15.9. The Morgan fingerprint density at radius 3 is 2.80 bits per heavy atom. The van der Waals surface area contributed by atoms with Crippen LogP contribution in [-0.4, -0.2) is 15.5 Å². The molecule has 1 heterocycles. The molecule has 0 aliphatic heterocycles. The van der Waals surface area contributed by atoms with E-state index in [2.05, 4.69) is 50.9 Å². The Morgan fingerprint density at radius 2 is 2.04 bits per heavy atom. The second-order valence-electron chi connectivity index (χ2n) is 6.72. The zero-order valence-electron chi connectivity index (χ0n) is 15.9. The molecule has 0 radical (unpaired) electrons. The number of rotatable bonds is 9. The van der Waals surface area contributed by atoms with Gasteiger partial charge in [-0.1, -0.05) is 51.3 Å². The van der Waals surface area contributed by atoms with E-state index in [0.29, 0.717) is 6.42 Å². The molecule has 4 heteroatoms. The monoisotopic (exact) mass is 342 g/mol. The van der Waals surface area contributed by atoms with E-state index in [4.69, 9.17) is 4.74 Å². The van der Waals surface area contributed by atoms with Crippen molar-refractivity contribution in [1.82, 2.24) is 9.55 Å². The fourth-order valence-corrected chi connectivity index (χ4v) is 3.10. The molecule has 1 aromatic heterocycles. The minimum absolute atomic E-state index is 0.129. The van der Waals surface area contributed by atoms with Crippen molar-refractivity contribution >= 4 is 5.97 Å². The van der Waals surface area contributed by atoms with E-state index >= 15 is 0 Å². The van der Waals surface area contributed by atoms with Gasteiger partial charge in [0.1, 0.15) is 5.82 Å². The second-order valence-corrected chi connectivity index (χ2v) is 6.72. The number of carbonyl (C=O) groups excluding carboxylic acids is 1. The number of imidazole rings is 1. The number of unbranched alkanes of at least 4 members (excludes halogenated alkanes) is 3. The van der Waals surface area contributed by atoms with E-state index < -0.39 is 0 Å². The highest BCUT2D eigenvalue weighted by atomic mass is 16.5. The van der Waals surface area contributed by atoms with Gasteiger partial charge in [0.25, 0.3) is 0 Å². The van der Waals surface area contributed by atoms with E-state index in [9.17, 15) is 4.79 Å². The van der Waals surface area contributed by atoms with Gasteiger partial charge in [0.05, 0.1) is 0 Å². The molecule has 136 valence electrons. The molecule has 1 aromatic carbocycles. The van der Waals surface area contributed by atoms with Gasteiger partial charge in [0, 0.05) is 24.7 Å². The van der Waals surface area contributed by atoms with Gasteiger partial charge in [0.2, 0.25) is 0 Å². The smallest absolute Gasteiger partial charge is 0.307 e. The van der Waals surface area contributed by atoms with Crippen LogP contribution in [0.4, 0.5) is 0 Å². The molecule has 0 amide bonds. The largest absolute Gasteiger partial charge is 0.444 e. The first-order valence-corrected chi connectivity index (χ1v) is 9.27. The molecule has 1 unspecified atom stereocenters. The summed E-state index contributed by atoms with van der Waals surface area (Å²) in [5.41, 5.74) is 3.83. The minimum Gasteiger partial charge on any atom is -0.444 e. The SMILES string of the molecule is CCCCCCC(=O)OCn1ccnc1C(C)c1cccc(C)c1C. The van der Waals surface area contributed by atoms with Gasteiger partial charge in [-0.2, -0.15) is 0 Å². The van der Waals surface area contributed by atoms with Crippen molar-refractivity contribution in [3.05, 3.63) is 53.1 Å². The first-order valence-electron chi connectivity index (χ1n) is 9.27. The molecule has 0 N–H and O–H groups in total. The number of esters is 1. The van der Waals surface area contributed by atoms with Crippen LogP contribution in [0, 0.1) is 13.8 Å². The number of nitrogens with zero attached hydrogens (tertiary/aromatic N) is 2. The predicted octanol–water partition coefficient (Wildman–Crippen LogP) is 5.12. The van der Waals surface area contributed by atoms with E-state index in [1.165, 1.54) is 29.5 Å². The number of benzene rings is 1. The summed E-state index contributed by atoms with van der Waals surface area (Å²) in [6, 6.07) is 6.35. The summed E-state index contributed by atoms with van der Waals surface area (Å²) in [7, 11) is 0. The summed E-state index contributed by atoms with van der Waals surface area (Å²) >= 11 is 0. The molecule has 25 heavy (non-hydrogen) atoms. The van der Waals surface area contributed by atoms with Crippen molar-refractivity contribution in [2.45, 2.75) is 72.4 Å². The van der Waals surface area contributed by atoms with Crippen LogP contribution in [-0.2, 0) is 16.3 Å². The molecule has 1 atom stereocenters. The van der Waals surface area contributed by atoms with Crippen molar-refractivity contribution in [2.24, 2.45) is 0 Å². The molecule has 0 aliphatic rings. The number of hydrogen-bond acceptors (Lipinski definition) is 3. The number of ether oxygens (including phenoxy) is 1. The average molecular weight is 342 g/mol. The van der Waals surface area contributed by atoms with Crippen LogP contribution in [0.25, 0.3) is 0 Å². The van der Waals surface area contributed by atoms with Crippen LogP contribution in [0.5, 0.6) is 0 Å². The van der Waals surface area contributed by atoms with Gasteiger partial charge in [-0.3, -0.25) is 4.79 Å². The van der Waals surface area contributed by atoms with Gasteiger partial charge in [0.15, 0.2) is 6.73 Å². The maximum absolute atomic E-state index is 11.9. The summed E-state index contributed by atoms with van der Waals surface area (Å²) in [6.07, 6.45) is 8.48. The highest BCUT2D eigenvalue weighted by molar-refractivity contribution is 5.69. The number of aromatic nitrogens is 2. The molecule has 0 fully saturated rings. The van der Waals surface area contributed by atoms with Gasteiger partial charge in [-0.05, 0) is 37.0 Å². The van der Waals surface area contributed by atoms with Crippen molar-refractivity contribution in [3.8, 4) is 0 Å². The van der Waals surface area contributed by atoms with E-state index in [-0.39, 0.29) is 18.6 Å². The topological polar surface area (TPSA) is 44.1 Å². The lowest BCUT2D eigenvalue weighted by molar-refractivity contribution is -0.147. The van der Waals surface area contributed by atoms with Crippen LogP contribution in [0.1, 0.15) is 74.4 Å². The van der Waals surface area contributed by atoms with Crippen LogP contribution in [0.15, 0.2) is 30.6 Å². The first kappa shape index (κ1) is 19.2. The van der Waals surface area contributed by atoms with Gasteiger partial charge < -0.3 is 9.30 Å². The van der Waals surface area contributed by atoms with Crippen molar-refractivity contribution in [3.63, 3.8) is 0 Å². The van der Waals surface area contributed by atoms with E-state index in [1.54, 1.807) is 6.20 Å². The third-order valence-electron chi connectivity index (χ3n) is 4.85. The lowest BCUT2D eigenvalue weighted by Crippen LogP contribution is -2.14. The molecule has 0 bridgehead atoms. The summed E-state index contributed by atoms with van der Waals surface area (Å²) in [4.78, 5) is 16.4. The molecule has 0 spiro atoms. The quantitative estimate of drug-likeness (QED) is 0.469. The first-order chi connectivity index (χ1) is 12.0. The summed E-state index contributed by atoms with van der Waals surface area (Å²) < 4.78 is 7.36.